The number of amides is 3. The first kappa shape index (κ1) is 25.4. The van der Waals surface area contributed by atoms with Crippen LogP contribution in [0.4, 0.5) is 5.69 Å². The van der Waals surface area contributed by atoms with E-state index >= 15 is 0 Å². The Bertz CT molecular complexity index is 1470. The molecule has 0 radical (unpaired) electrons. The monoisotopic (exact) mass is 520 g/mol. The Labute approximate surface area is 224 Å². The fourth-order valence-corrected chi connectivity index (χ4v) is 4.27. The lowest BCUT2D eigenvalue weighted by Crippen LogP contribution is -2.47. The summed E-state index contributed by atoms with van der Waals surface area (Å²) in [4.78, 5) is 52.8. The van der Waals surface area contributed by atoms with Crippen molar-refractivity contribution in [3.8, 4) is 11.5 Å². The number of fused-ring (bicyclic) bond motifs is 1. The summed E-state index contributed by atoms with van der Waals surface area (Å²) in [5, 5.41) is 2.66. The molecule has 1 heterocycles. The smallest absolute Gasteiger partial charge is 0.330 e. The average molecular weight is 521 g/mol. The predicted molar refractivity (Wildman–Crippen MR) is 143 cm³/mol. The van der Waals surface area contributed by atoms with Crippen LogP contribution in [-0.2, 0) is 20.7 Å². The maximum atomic E-state index is 13.2. The van der Waals surface area contributed by atoms with Crippen molar-refractivity contribution in [2.45, 2.75) is 12.5 Å². The van der Waals surface area contributed by atoms with Gasteiger partial charge < -0.3 is 14.8 Å². The molecule has 0 saturated heterocycles. The van der Waals surface area contributed by atoms with E-state index in [0.717, 1.165) is 10.5 Å². The first-order valence-corrected chi connectivity index (χ1v) is 12.3. The van der Waals surface area contributed by atoms with Crippen molar-refractivity contribution >= 4 is 29.4 Å². The highest BCUT2D eigenvalue weighted by Gasteiger charge is 2.43. The van der Waals surface area contributed by atoms with Gasteiger partial charge in [-0.05, 0) is 54.1 Å². The summed E-state index contributed by atoms with van der Waals surface area (Å²) >= 11 is 0. The van der Waals surface area contributed by atoms with E-state index in [-0.39, 0.29) is 17.5 Å². The van der Waals surface area contributed by atoms with E-state index in [1.165, 1.54) is 0 Å². The number of ether oxygens (including phenoxy) is 2. The third-order valence-corrected chi connectivity index (χ3v) is 6.14. The topological polar surface area (TPSA) is 102 Å². The molecule has 0 unspecified atom stereocenters. The molecule has 1 aliphatic rings. The second-order valence-corrected chi connectivity index (χ2v) is 8.83. The van der Waals surface area contributed by atoms with Gasteiger partial charge in [0.05, 0.1) is 11.1 Å². The molecule has 8 nitrogen and oxygen atoms in total. The number of rotatable bonds is 9. The Kier molecular flexibility index (Phi) is 7.45. The number of carbonyl (C=O) groups excluding carboxylic acids is 4. The molecule has 4 aromatic rings. The zero-order valence-corrected chi connectivity index (χ0v) is 20.8. The van der Waals surface area contributed by atoms with Gasteiger partial charge in [0.25, 0.3) is 17.7 Å². The summed E-state index contributed by atoms with van der Waals surface area (Å²) in [5.74, 6) is -1.29. The van der Waals surface area contributed by atoms with Crippen molar-refractivity contribution in [3.05, 3.63) is 126 Å². The molecule has 1 atom stereocenters. The average Bonchev–Trinajstić information content (AvgIpc) is 3.22. The van der Waals surface area contributed by atoms with Crippen LogP contribution < -0.4 is 10.1 Å². The highest BCUT2D eigenvalue weighted by atomic mass is 16.5. The molecule has 5 rings (SSSR count). The molecule has 0 spiro atoms. The highest BCUT2D eigenvalue weighted by Crippen LogP contribution is 2.27. The van der Waals surface area contributed by atoms with Crippen molar-refractivity contribution in [1.29, 1.82) is 0 Å². The Morgan fingerprint density at radius 3 is 1.85 bits per heavy atom. The number of nitrogens with one attached hydrogen (secondary N) is 1. The second kappa shape index (κ2) is 11.4. The van der Waals surface area contributed by atoms with Gasteiger partial charge in [0.1, 0.15) is 17.5 Å². The van der Waals surface area contributed by atoms with Crippen LogP contribution in [0.5, 0.6) is 11.5 Å². The number of esters is 1. The van der Waals surface area contributed by atoms with Crippen LogP contribution in [0.3, 0.4) is 0 Å². The summed E-state index contributed by atoms with van der Waals surface area (Å²) < 4.78 is 11.0. The number of carbonyl (C=O) groups is 4. The molecule has 0 fully saturated rings. The third-order valence-electron chi connectivity index (χ3n) is 6.14. The van der Waals surface area contributed by atoms with E-state index in [1.807, 2.05) is 36.4 Å². The van der Waals surface area contributed by atoms with Gasteiger partial charge in [0, 0.05) is 12.1 Å². The number of imide groups is 1. The maximum absolute atomic E-state index is 13.2. The lowest BCUT2D eigenvalue weighted by molar-refractivity contribution is -0.151. The SMILES string of the molecule is O=C(COC(=O)[C@H](Cc1ccccc1)N1C(=O)c2ccccc2C1=O)Nc1ccc(Oc2ccccc2)cc1. The van der Waals surface area contributed by atoms with Crippen molar-refractivity contribution in [3.63, 3.8) is 0 Å². The summed E-state index contributed by atoms with van der Waals surface area (Å²) in [5.41, 5.74) is 1.67. The molecule has 194 valence electrons. The van der Waals surface area contributed by atoms with Crippen LogP contribution >= 0.6 is 0 Å². The van der Waals surface area contributed by atoms with Crippen molar-refractivity contribution in [1.82, 2.24) is 4.90 Å². The van der Waals surface area contributed by atoms with Gasteiger partial charge in [-0.15, -0.1) is 0 Å². The molecule has 0 aliphatic carbocycles. The number of nitrogens with zero attached hydrogens (tertiary/aromatic N) is 1. The summed E-state index contributed by atoms with van der Waals surface area (Å²) in [6, 6.07) is 30.2. The van der Waals surface area contributed by atoms with Gasteiger partial charge in [0.15, 0.2) is 6.61 Å². The standard InChI is InChI=1S/C31H24N2O6/c34-28(32-22-15-17-24(18-16-22)39-23-11-5-2-6-12-23)20-38-31(37)27(19-21-9-3-1-4-10-21)33-29(35)25-13-7-8-14-26(25)30(33)36/h1-18,27H,19-20H2,(H,32,34)/t27-/m0/s1. The van der Waals surface area contributed by atoms with Gasteiger partial charge in [-0.25, -0.2) is 4.79 Å². The Hall–Kier alpha value is -5.24. The zero-order chi connectivity index (χ0) is 27.2. The Morgan fingerprint density at radius 2 is 1.23 bits per heavy atom. The predicted octanol–water partition coefficient (Wildman–Crippen LogP) is 4.87. The first-order chi connectivity index (χ1) is 19.0. The lowest BCUT2D eigenvalue weighted by Gasteiger charge is -2.24. The lowest BCUT2D eigenvalue weighted by atomic mass is 10.0. The minimum Gasteiger partial charge on any atom is -0.457 e. The van der Waals surface area contributed by atoms with Crippen molar-refractivity contribution in [2.24, 2.45) is 0 Å². The molecule has 4 aromatic carbocycles. The number of benzene rings is 4. The van der Waals surface area contributed by atoms with Gasteiger partial charge in [-0.2, -0.15) is 0 Å². The number of para-hydroxylation sites is 1. The maximum Gasteiger partial charge on any atom is 0.330 e. The first-order valence-electron chi connectivity index (χ1n) is 12.3. The fraction of sp³-hybridized carbons (Fsp3) is 0.0968. The van der Waals surface area contributed by atoms with E-state index in [4.69, 9.17) is 9.47 Å². The molecule has 39 heavy (non-hydrogen) atoms. The van der Waals surface area contributed by atoms with Crippen LogP contribution in [0.1, 0.15) is 26.3 Å². The summed E-state index contributed by atoms with van der Waals surface area (Å²) in [6.45, 7) is -0.588. The quantitative estimate of drug-likeness (QED) is 0.250. The minimum absolute atomic E-state index is 0.0512. The fourth-order valence-electron chi connectivity index (χ4n) is 4.27. The van der Waals surface area contributed by atoms with Crippen LogP contribution in [0.25, 0.3) is 0 Å². The van der Waals surface area contributed by atoms with Crippen LogP contribution in [-0.4, -0.2) is 41.2 Å². The van der Waals surface area contributed by atoms with Gasteiger partial charge in [-0.1, -0.05) is 60.7 Å². The molecule has 8 heteroatoms. The van der Waals surface area contributed by atoms with Gasteiger partial charge in [-0.3, -0.25) is 19.3 Å². The molecule has 0 saturated carbocycles. The zero-order valence-electron chi connectivity index (χ0n) is 20.8. The number of hydrogen-bond acceptors (Lipinski definition) is 6. The number of anilines is 1. The van der Waals surface area contributed by atoms with E-state index in [2.05, 4.69) is 5.32 Å². The van der Waals surface area contributed by atoms with Crippen LogP contribution in [0.15, 0.2) is 109 Å². The van der Waals surface area contributed by atoms with Crippen LogP contribution in [0, 0.1) is 0 Å². The molecule has 0 aromatic heterocycles. The molecule has 0 bridgehead atoms. The minimum atomic E-state index is -1.23. The van der Waals surface area contributed by atoms with E-state index in [9.17, 15) is 19.2 Å². The second-order valence-electron chi connectivity index (χ2n) is 8.83. The largest absolute Gasteiger partial charge is 0.457 e. The van der Waals surface area contributed by atoms with Gasteiger partial charge >= 0.3 is 5.97 Å². The van der Waals surface area contributed by atoms with Crippen molar-refractivity contribution in [2.75, 3.05) is 11.9 Å². The Balaban J connectivity index is 1.24. The normalized spacial score (nSPS) is 13.0. The van der Waals surface area contributed by atoms with Gasteiger partial charge in [0.2, 0.25) is 0 Å². The summed E-state index contributed by atoms with van der Waals surface area (Å²) in [6.07, 6.45) is 0.0512. The molecular weight excluding hydrogens is 496 g/mol. The third kappa shape index (κ3) is 5.86. The number of hydrogen-bond donors (Lipinski definition) is 1. The molecule has 1 aliphatic heterocycles. The van der Waals surface area contributed by atoms with Crippen molar-refractivity contribution < 1.29 is 28.7 Å². The molecular formula is C31H24N2O6. The highest BCUT2D eigenvalue weighted by molar-refractivity contribution is 6.22. The summed E-state index contributed by atoms with van der Waals surface area (Å²) in [7, 11) is 0. The Morgan fingerprint density at radius 1 is 0.692 bits per heavy atom. The molecule has 1 N–H and O–H groups in total. The van der Waals surface area contributed by atoms with E-state index < -0.39 is 36.3 Å². The van der Waals surface area contributed by atoms with E-state index in [0.29, 0.717) is 17.2 Å². The van der Waals surface area contributed by atoms with Crippen LogP contribution in [0.2, 0.25) is 0 Å². The molecule has 3 amide bonds. The van der Waals surface area contributed by atoms with E-state index in [1.54, 1.807) is 72.8 Å².